The molecule has 0 spiro atoms. The molecule has 4 rings (SSSR count). The van der Waals surface area contributed by atoms with Crippen molar-refractivity contribution in [2.75, 3.05) is 18.4 Å². The summed E-state index contributed by atoms with van der Waals surface area (Å²) < 4.78 is 24.3. The lowest BCUT2D eigenvalue weighted by atomic mass is 10.2. The van der Waals surface area contributed by atoms with Crippen molar-refractivity contribution in [3.8, 4) is 5.88 Å². The quantitative estimate of drug-likeness (QED) is 0.556. The average Bonchev–Trinajstić information content (AvgIpc) is 3.34. The molecular weight excluding hydrogens is 425 g/mol. The molecule has 0 saturated carbocycles. The molecule has 33 heavy (non-hydrogen) atoms. The number of likely N-dealkylation sites (tertiary alicyclic amines) is 1. The van der Waals surface area contributed by atoms with Crippen LogP contribution < -0.4 is 15.6 Å². The van der Waals surface area contributed by atoms with Gasteiger partial charge in [-0.2, -0.15) is 4.98 Å². The number of carbonyl (C=O) groups is 1. The van der Waals surface area contributed by atoms with Crippen molar-refractivity contribution in [1.82, 2.24) is 19.0 Å². The van der Waals surface area contributed by atoms with Gasteiger partial charge in [-0.15, -0.1) is 0 Å². The molecule has 1 N–H and O–H groups in total. The van der Waals surface area contributed by atoms with Crippen LogP contribution in [0.1, 0.15) is 13.8 Å². The van der Waals surface area contributed by atoms with Crippen LogP contribution in [0.3, 0.4) is 0 Å². The fourth-order valence-corrected chi connectivity index (χ4v) is 3.99. The number of hydrogen-bond acceptors (Lipinski definition) is 5. The number of pyridine rings is 2. The van der Waals surface area contributed by atoms with E-state index >= 15 is 0 Å². The number of nitrogens with one attached hydrogen (secondary N) is 1. The van der Waals surface area contributed by atoms with Gasteiger partial charge in [0.25, 0.3) is 5.56 Å². The third kappa shape index (κ3) is 4.62. The summed E-state index contributed by atoms with van der Waals surface area (Å²) >= 11 is 0. The number of carbonyl (C=O) groups excluding carboxylic acids is 1. The van der Waals surface area contributed by atoms with Gasteiger partial charge < -0.3 is 24.1 Å². The zero-order chi connectivity index (χ0) is 23.7. The summed E-state index contributed by atoms with van der Waals surface area (Å²) in [5.41, 5.74) is 1.03. The van der Waals surface area contributed by atoms with Gasteiger partial charge in [0.1, 0.15) is 11.5 Å². The molecule has 3 aromatic rings. The summed E-state index contributed by atoms with van der Waals surface area (Å²) in [5.74, 6) is 0.738. The fourth-order valence-electron chi connectivity index (χ4n) is 3.99. The smallest absolute Gasteiger partial charge is 0.274 e. The van der Waals surface area contributed by atoms with E-state index in [2.05, 4.69) is 35.3 Å². The number of rotatable bonds is 7. The number of halogens is 1. The van der Waals surface area contributed by atoms with E-state index in [-0.39, 0.29) is 30.4 Å². The van der Waals surface area contributed by atoms with Crippen LogP contribution in [0.4, 0.5) is 15.9 Å². The molecular formula is C24H28FN5O3. The summed E-state index contributed by atoms with van der Waals surface area (Å²) in [7, 11) is 1.67. The minimum Gasteiger partial charge on any atom is -0.469 e. The van der Waals surface area contributed by atoms with Gasteiger partial charge in [-0.25, -0.2) is 4.39 Å². The second kappa shape index (κ2) is 9.09. The van der Waals surface area contributed by atoms with E-state index in [4.69, 9.17) is 4.74 Å². The largest absolute Gasteiger partial charge is 0.469 e. The first-order valence-electron chi connectivity index (χ1n) is 10.9. The zero-order valence-corrected chi connectivity index (χ0v) is 19.0. The highest BCUT2D eigenvalue weighted by Crippen LogP contribution is 2.31. The highest BCUT2D eigenvalue weighted by atomic mass is 19.1. The summed E-state index contributed by atoms with van der Waals surface area (Å²) in [6.45, 7) is 8.54. The first kappa shape index (κ1) is 22.6. The van der Waals surface area contributed by atoms with Crippen LogP contribution >= 0.6 is 0 Å². The molecule has 0 aliphatic carbocycles. The van der Waals surface area contributed by atoms with Gasteiger partial charge in [0.15, 0.2) is 12.3 Å². The van der Waals surface area contributed by atoms with E-state index in [1.807, 2.05) is 18.3 Å². The number of aryl methyl sites for hydroxylation is 1. The molecule has 4 heterocycles. The summed E-state index contributed by atoms with van der Waals surface area (Å²) in [4.78, 5) is 30.3. The number of amides is 1. The number of alkyl halides is 1. The van der Waals surface area contributed by atoms with E-state index in [0.717, 1.165) is 17.4 Å². The highest BCUT2D eigenvalue weighted by molar-refractivity contribution is 5.88. The van der Waals surface area contributed by atoms with Crippen molar-refractivity contribution >= 4 is 28.3 Å². The average molecular weight is 454 g/mol. The molecule has 8 nitrogen and oxygen atoms in total. The molecule has 174 valence electrons. The van der Waals surface area contributed by atoms with E-state index in [1.54, 1.807) is 25.4 Å². The maximum atomic E-state index is 14.7. The Labute approximate surface area is 191 Å². The molecule has 2 atom stereocenters. The van der Waals surface area contributed by atoms with Crippen LogP contribution in [-0.4, -0.2) is 50.3 Å². The molecule has 1 amide bonds. The summed E-state index contributed by atoms with van der Waals surface area (Å²) in [5, 5.41) is 3.82. The van der Waals surface area contributed by atoms with Crippen molar-refractivity contribution in [1.29, 1.82) is 0 Å². The van der Waals surface area contributed by atoms with Gasteiger partial charge in [0, 0.05) is 32.1 Å². The number of fused-ring (bicyclic) bond motifs is 1. The van der Waals surface area contributed by atoms with E-state index in [0.29, 0.717) is 17.4 Å². The number of ether oxygens (including phenoxy) is 1. The van der Waals surface area contributed by atoms with Crippen LogP contribution in [0.5, 0.6) is 5.88 Å². The molecule has 1 saturated heterocycles. The number of anilines is 2. The number of nitrogens with zero attached hydrogens (tertiary/aromatic N) is 4. The van der Waals surface area contributed by atoms with Gasteiger partial charge in [-0.3, -0.25) is 9.59 Å². The highest BCUT2D eigenvalue weighted by Gasteiger charge is 2.37. The minimum absolute atomic E-state index is 0.0506. The lowest BCUT2D eigenvalue weighted by Gasteiger charge is -2.17. The van der Waals surface area contributed by atoms with Crippen LogP contribution in [0, 0.1) is 5.92 Å². The lowest BCUT2D eigenvalue weighted by molar-refractivity contribution is -0.125. The van der Waals surface area contributed by atoms with Crippen molar-refractivity contribution in [2.45, 2.75) is 32.7 Å². The first-order valence-corrected chi connectivity index (χ1v) is 10.9. The maximum Gasteiger partial charge on any atom is 0.274 e. The second-order valence-electron chi connectivity index (χ2n) is 8.69. The van der Waals surface area contributed by atoms with Gasteiger partial charge in [0.05, 0.1) is 24.0 Å². The molecule has 9 heteroatoms. The molecule has 0 unspecified atom stereocenters. The summed E-state index contributed by atoms with van der Waals surface area (Å²) in [6, 6.07) is 7.18. The lowest BCUT2D eigenvalue weighted by Crippen LogP contribution is -2.30. The van der Waals surface area contributed by atoms with Crippen molar-refractivity contribution in [3.63, 3.8) is 0 Å². The second-order valence-corrected chi connectivity index (χ2v) is 8.69. The Morgan fingerprint density at radius 1 is 1.36 bits per heavy atom. The third-order valence-corrected chi connectivity index (χ3v) is 5.63. The Kier molecular flexibility index (Phi) is 6.22. The normalized spacial score (nSPS) is 18.2. The van der Waals surface area contributed by atoms with Crippen molar-refractivity contribution in [3.05, 3.63) is 59.7 Å². The molecule has 1 aliphatic rings. The van der Waals surface area contributed by atoms with Gasteiger partial charge in [-0.1, -0.05) is 20.4 Å². The van der Waals surface area contributed by atoms with E-state index in [9.17, 15) is 14.0 Å². The summed E-state index contributed by atoms with van der Waals surface area (Å²) in [6.07, 6.45) is 2.59. The SMILES string of the molecule is C=CC(=O)N1C[C@H](F)[C@H](Oc2nc(Nc3cccn(C)c3=O)cc3c2ccn3CC(C)C)C1. The van der Waals surface area contributed by atoms with Crippen LogP contribution in [-0.2, 0) is 18.4 Å². The Bertz CT molecular complexity index is 1250. The van der Waals surface area contributed by atoms with Crippen molar-refractivity contribution in [2.24, 2.45) is 13.0 Å². The maximum absolute atomic E-state index is 14.7. The number of aromatic nitrogens is 3. The minimum atomic E-state index is -1.35. The van der Waals surface area contributed by atoms with Gasteiger partial charge in [-0.05, 0) is 30.2 Å². The molecule has 0 aromatic carbocycles. The van der Waals surface area contributed by atoms with E-state index < -0.39 is 12.3 Å². The van der Waals surface area contributed by atoms with Crippen molar-refractivity contribution < 1.29 is 13.9 Å². The van der Waals surface area contributed by atoms with Crippen LogP contribution in [0.15, 0.2) is 54.1 Å². The van der Waals surface area contributed by atoms with Crippen LogP contribution in [0.2, 0.25) is 0 Å². The first-order chi connectivity index (χ1) is 15.8. The Balaban J connectivity index is 1.72. The molecule has 0 radical (unpaired) electrons. The molecule has 1 aliphatic heterocycles. The Hall–Kier alpha value is -3.62. The van der Waals surface area contributed by atoms with Gasteiger partial charge in [0.2, 0.25) is 11.8 Å². The number of hydrogen-bond donors (Lipinski definition) is 1. The molecule has 0 bridgehead atoms. The topological polar surface area (TPSA) is 81.4 Å². The van der Waals surface area contributed by atoms with Crippen LogP contribution in [0.25, 0.3) is 10.9 Å². The Morgan fingerprint density at radius 3 is 2.88 bits per heavy atom. The Morgan fingerprint density at radius 2 is 2.15 bits per heavy atom. The fraction of sp³-hybridized carbons (Fsp3) is 0.375. The molecule has 1 fully saturated rings. The van der Waals surface area contributed by atoms with E-state index in [1.165, 1.54) is 15.5 Å². The monoisotopic (exact) mass is 453 g/mol. The predicted octanol–water partition coefficient (Wildman–Crippen LogP) is 3.25. The molecule has 3 aromatic heterocycles. The zero-order valence-electron chi connectivity index (χ0n) is 19.0. The third-order valence-electron chi connectivity index (χ3n) is 5.63. The van der Waals surface area contributed by atoms with Gasteiger partial charge >= 0.3 is 0 Å². The predicted molar refractivity (Wildman–Crippen MR) is 126 cm³/mol. The standard InChI is InChI=1S/C24H28FN5O3/c1-5-22(31)30-13-17(25)20(14-30)33-23-16-8-10-29(12-15(2)3)19(16)11-21(27-23)26-18-7-6-9-28(4)24(18)32/h5-11,15,17,20H,1,12-14H2,2-4H3,(H,26,27)/t17-,20+/m0/s1.